The summed E-state index contributed by atoms with van der Waals surface area (Å²) in [6.07, 6.45) is -4.34. The van der Waals surface area contributed by atoms with Crippen molar-refractivity contribution in [1.29, 1.82) is 0 Å². The third kappa shape index (κ3) is 2.08. The second-order valence-electron chi connectivity index (χ2n) is 3.34. The lowest BCUT2D eigenvalue weighted by Crippen LogP contribution is -2.06. The fraction of sp³-hybridized carbons (Fsp3) is 0.0769. The summed E-state index contributed by atoms with van der Waals surface area (Å²) >= 11 is 0. The summed E-state index contributed by atoms with van der Waals surface area (Å²) in [6.45, 7) is 0. The fourth-order valence-electron chi connectivity index (χ4n) is 1.53. The normalized spacial score (nSPS) is 11.4. The van der Waals surface area contributed by atoms with Gasteiger partial charge < -0.3 is 0 Å². The summed E-state index contributed by atoms with van der Waals surface area (Å²) in [5, 5.41) is 0. The molecule has 81 valence electrons. The number of hydrogen-bond donors (Lipinski definition) is 0. The first-order valence-corrected chi connectivity index (χ1v) is 4.72. The van der Waals surface area contributed by atoms with Crippen molar-refractivity contribution in [3.8, 4) is 11.1 Å². The molecule has 3 heteroatoms. The molecule has 0 aliphatic heterocycles. The Labute approximate surface area is 91.4 Å². The molecule has 0 nitrogen and oxygen atoms in total. The third-order valence-corrected chi connectivity index (χ3v) is 2.25. The Balaban J connectivity index is 2.58. The topological polar surface area (TPSA) is 0 Å². The van der Waals surface area contributed by atoms with E-state index < -0.39 is 11.7 Å². The Morgan fingerprint density at radius 1 is 0.938 bits per heavy atom. The van der Waals surface area contributed by atoms with Gasteiger partial charge >= 0.3 is 6.18 Å². The van der Waals surface area contributed by atoms with Crippen LogP contribution in [0.25, 0.3) is 11.1 Å². The van der Waals surface area contributed by atoms with Crippen molar-refractivity contribution in [2.75, 3.05) is 0 Å². The molecule has 0 aliphatic carbocycles. The van der Waals surface area contributed by atoms with E-state index in [2.05, 4.69) is 6.07 Å². The first-order valence-electron chi connectivity index (χ1n) is 4.72. The van der Waals surface area contributed by atoms with Gasteiger partial charge in [-0.2, -0.15) is 13.2 Å². The molecule has 0 unspecified atom stereocenters. The quantitative estimate of drug-likeness (QED) is 0.677. The first-order chi connectivity index (χ1) is 7.59. The minimum absolute atomic E-state index is 0.187. The van der Waals surface area contributed by atoms with Crippen molar-refractivity contribution >= 4 is 0 Å². The Kier molecular flexibility index (Phi) is 2.69. The molecule has 0 bridgehead atoms. The summed E-state index contributed by atoms with van der Waals surface area (Å²) in [7, 11) is 0. The molecular formula is C13H8F3. The maximum atomic E-state index is 12.7. The average molecular weight is 221 g/mol. The summed E-state index contributed by atoms with van der Waals surface area (Å²) in [6, 6.07) is 14.9. The number of alkyl halides is 3. The van der Waals surface area contributed by atoms with Crippen LogP contribution in [0, 0.1) is 6.07 Å². The Bertz CT molecular complexity index is 472. The Morgan fingerprint density at radius 3 is 2.25 bits per heavy atom. The predicted molar refractivity (Wildman–Crippen MR) is 55.7 cm³/mol. The zero-order valence-electron chi connectivity index (χ0n) is 8.25. The summed E-state index contributed by atoms with van der Waals surface area (Å²) < 4.78 is 38.1. The molecule has 2 aromatic rings. The van der Waals surface area contributed by atoms with Crippen LogP contribution < -0.4 is 0 Å². The molecule has 0 spiro atoms. The van der Waals surface area contributed by atoms with Gasteiger partial charge in [0, 0.05) is 0 Å². The second kappa shape index (κ2) is 4.00. The van der Waals surface area contributed by atoms with Crippen LogP contribution in [0.4, 0.5) is 13.2 Å². The lowest BCUT2D eigenvalue weighted by molar-refractivity contribution is -0.137. The number of rotatable bonds is 1. The average Bonchev–Trinajstić information content (AvgIpc) is 2.29. The molecule has 0 fully saturated rings. The standard InChI is InChI=1S/C13H8F3/c14-13(15,16)12-9-5-4-8-11(12)10-6-2-1-3-7-10/h1-4,6-9H. The van der Waals surface area contributed by atoms with Crippen molar-refractivity contribution in [2.24, 2.45) is 0 Å². The molecule has 0 atom stereocenters. The van der Waals surface area contributed by atoms with E-state index in [0.717, 1.165) is 6.07 Å². The highest BCUT2D eigenvalue weighted by Gasteiger charge is 2.33. The largest absolute Gasteiger partial charge is 0.417 e. The molecule has 0 aliphatic rings. The molecule has 2 rings (SSSR count). The van der Waals surface area contributed by atoms with Gasteiger partial charge in [0.25, 0.3) is 0 Å². The maximum Gasteiger partial charge on any atom is 0.417 e. The molecule has 0 N–H and O–H groups in total. The first kappa shape index (κ1) is 10.7. The summed E-state index contributed by atoms with van der Waals surface area (Å²) in [5.74, 6) is 0. The van der Waals surface area contributed by atoms with Gasteiger partial charge in [0.15, 0.2) is 0 Å². The lowest BCUT2D eigenvalue weighted by Gasteiger charge is -2.12. The molecule has 1 radical (unpaired) electrons. The van der Waals surface area contributed by atoms with Gasteiger partial charge in [0.1, 0.15) is 0 Å². The summed E-state index contributed by atoms with van der Waals surface area (Å²) in [4.78, 5) is 0. The van der Waals surface area contributed by atoms with Crippen molar-refractivity contribution in [3.05, 3.63) is 60.2 Å². The van der Waals surface area contributed by atoms with Gasteiger partial charge in [0.2, 0.25) is 0 Å². The molecule has 16 heavy (non-hydrogen) atoms. The highest BCUT2D eigenvalue weighted by molar-refractivity contribution is 5.67. The van der Waals surface area contributed by atoms with E-state index >= 15 is 0 Å². The van der Waals surface area contributed by atoms with Gasteiger partial charge in [0.05, 0.1) is 5.56 Å². The zero-order valence-corrected chi connectivity index (χ0v) is 8.25. The van der Waals surface area contributed by atoms with Crippen LogP contribution in [0.15, 0.2) is 48.5 Å². The number of halogens is 3. The van der Waals surface area contributed by atoms with Crippen molar-refractivity contribution < 1.29 is 13.2 Å². The van der Waals surface area contributed by atoms with Crippen LogP contribution in [-0.4, -0.2) is 0 Å². The van der Waals surface area contributed by atoms with Gasteiger partial charge in [-0.3, -0.25) is 0 Å². The van der Waals surface area contributed by atoms with Crippen LogP contribution in [0.5, 0.6) is 0 Å². The molecule has 2 aromatic carbocycles. The molecule has 0 saturated heterocycles. The van der Waals surface area contributed by atoms with E-state index in [4.69, 9.17) is 0 Å². The van der Waals surface area contributed by atoms with E-state index in [1.54, 1.807) is 30.3 Å². The molecule has 0 amide bonds. The van der Waals surface area contributed by atoms with E-state index in [1.165, 1.54) is 12.1 Å². The van der Waals surface area contributed by atoms with E-state index in [-0.39, 0.29) is 5.56 Å². The van der Waals surface area contributed by atoms with Gasteiger partial charge in [-0.1, -0.05) is 42.5 Å². The second-order valence-corrected chi connectivity index (χ2v) is 3.34. The van der Waals surface area contributed by atoms with Crippen LogP contribution in [0.3, 0.4) is 0 Å². The molecule has 0 heterocycles. The Hall–Kier alpha value is -1.77. The van der Waals surface area contributed by atoms with Crippen molar-refractivity contribution in [2.45, 2.75) is 6.18 Å². The maximum absolute atomic E-state index is 12.7. The van der Waals surface area contributed by atoms with Crippen molar-refractivity contribution in [3.63, 3.8) is 0 Å². The monoisotopic (exact) mass is 221 g/mol. The zero-order chi connectivity index (χ0) is 11.6. The lowest BCUT2D eigenvalue weighted by atomic mass is 9.99. The highest BCUT2D eigenvalue weighted by atomic mass is 19.4. The smallest absolute Gasteiger partial charge is 0.166 e. The summed E-state index contributed by atoms with van der Waals surface area (Å²) in [5.41, 5.74) is 0.0943. The number of benzene rings is 2. The van der Waals surface area contributed by atoms with Gasteiger partial charge in [-0.25, -0.2) is 0 Å². The van der Waals surface area contributed by atoms with Crippen LogP contribution >= 0.6 is 0 Å². The minimum Gasteiger partial charge on any atom is -0.166 e. The molecule has 0 saturated carbocycles. The fourth-order valence-corrected chi connectivity index (χ4v) is 1.53. The van der Waals surface area contributed by atoms with E-state index in [9.17, 15) is 13.2 Å². The molecule has 0 aromatic heterocycles. The predicted octanol–water partition coefficient (Wildman–Crippen LogP) is 4.17. The molecular weight excluding hydrogens is 213 g/mol. The van der Waals surface area contributed by atoms with Crippen LogP contribution in [-0.2, 0) is 6.18 Å². The third-order valence-electron chi connectivity index (χ3n) is 2.25. The highest BCUT2D eigenvalue weighted by Crippen LogP contribution is 2.36. The van der Waals surface area contributed by atoms with Crippen LogP contribution in [0.1, 0.15) is 5.56 Å². The van der Waals surface area contributed by atoms with Gasteiger partial charge in [-0.15, -0.1) is 0 Å². The van der Waals surface area contributed by atoms with Crippen molar-refractivity contribution in [1.82, 2.24) is 0 Å². The van der Waals surface area contributed by atoms with E-state index in [1.807, 2.05) is 0 Å². The van der Waals surface area contributed by atoms with Crippen LogP contribution in [0.2, 0.25) is 0 Å². The van der Waals surface area contributed by atoms with E-state index in [0.29, 0.717) is 5.56 Å². The van der Waals surface area contributed by atoms with Gasteiger partial charge in [-0.05, 0) is 23.3 Å². The minimum atomic E-state index is -4.34. The Morgan fingerprint density at radius 2 is 1.62 bits per heavy atom. The SMILES string of the molecule is FC(F)(F)c1c[c]ccc1-c1ccccc1. The number of hydrogen-bond acceptors (Lipinski definition) is 0.